The molecule has 1 aliphatic heterocycles. The zero-order chi connectivity index (χ0) is 7.56. The predicted molar refractivity (Wildman–Crippen MR) is 41.1 cm³/mol. The van der Waals surface area contributed by atoms with Crippen molar-refractivity contribution in [2.24, 2.45) is 0 Å². The molecule has 0 spiro atoms. The molecule has 0 saturated carbocycles. The van der Waals surface area contributed by atoms with Crippen LogP contribution in [0, 0.1) is 0 Å². The molecule has 1 atom stereocenters. The highest BCUT2D eigenvalue weighted by Gasteiger charge is 2.18. The summed E-state index contributed by atoms with van der Waals surface area (Å²) in [7, 11) is 0. The van der Waals surface area contributed by atoms with Crippen LogP contribution in [0.3, 0.4) is 0 Å². The Morgan fingerprint density at radius 3 is 2.80 bits per heavy atom. The molecule has 0 aliphatic carbocycles. The van der Waals surface area contributed by atoms with Crippen LogP contribution in [-0.2, 0) is 4.79 Å². The summed E-state index contributed by atoms with van der Waals surface area (Å²) in [5.41, 5.74) is 0. The molecule has 0 aromatic carbocycles. The first-order chi connectivity index (χ1) is 4.70. The Balaban J connectivity index is 2.39. The summed E-state index contributed by atoms with van der Waals surface area (Å²) in [6.07, 6.45) is 2.10. The van der Waals surface area contributed by atoms with E-state index in [1.807, 2.05) is 0 Å². The summed E-state index contributed by atoms with van der Waals surface area (Å²) >= 11 is 5.86. The van der Waals surface area contributed by atoms with Crippen LogP contribution >= 0.6 is 11.6 Å². The second-order valence-corrected chi connectivity index (χ2v) is 3.32. The van der Waals surface area contributed by atoms with E-state index in [0.29, 0.717) is 0 Å². The molecule has 1 amide bonds. The van der Waals surface area contributed by atoms with E-state index in [0.717, 1.165) is 25.9 Å². The highest BCUT2D eigenvalue weighted by molar-refractivity contribution is 6.20. The SMILES string of the molecule is CC(=O)N1CCC[C@H](Cl)C1. The van der Waals surface area contributed by atoms with Gasteiger partial charge in [-0.05, 0) is 12.8 Å². The maximum Gasteiger partial charge on any atom is 0.219 e. The van der Waals surface area contributed by atoms with Crippen molar-refractivity contribution in [2.45, 2.75) is 25.1 Å². The van der Waals surface area contributed by atoms with E-state index >= 15 is 0 Å². The number of nitrogens with zero attached hydrogens (tertiary/aromatic N) is 1. The van der Waals surface area contributed by atoms with Crippen molar-refractivity contribution in [3.05, 3.63) is 0 Å². The molecule has 1 saturated heterocycles. The minimum atomic E-state index is 0.144. The normalized spacial score (nSPS) is 26.6. The van der Waals surface area contributed by atoms with Crippen molar-refractivity contribution >= 4 is 17.5 Å². The van der Waals surface area contributed by atoms with Crippen molar-refractivity contribution < 1.29 is 4.79 Å². The molecule has 0 bridgehead atoms. The quantitative estimate of drug-likeness (QED) is 0.490. The largest absolute Gasteiger partial charge is 0.341 e. The Hall–Kier alpha value is -0.240. The molecular formula is C7H12ClNO. The zero-order valence-electron chi connectivity index (χ0n) is 6.14. The Bertz CT molecular complexity index is 138. The first-order valence-corrected chi connectivity index (χ1v) is 4.03. The van der Waals surface area contributed by atoms with Gasteiger partial charge in [-0.2, -0.15) is 0 Å². The summed E-state index contributed by atoms with van der Waals surface area (Å²) in [6, 6.07) is 0. The minimum absolute atomic E-state index is 0.144. The van der Waals surface area contributed by atoms with Gasteiger partial charge < -0.3 is 4.90 Å². The van der Waals surface area contributed by atoms with Gasteiger partial charge in [0.25, 0.3) is 0 Å². The summed E-state index contributed by atoms with van der Waals surface area (Å²) in [6.45, 7) is 3.21. The van der Waals surface area contributed by atoms with Crippen molar-refractivity contribution in [1.82, 2.24) is 4.90 Å². The number of carbonyl (C=O) groups excluding carboxylic acids is 1. The lowest BCUT2D eigenvalue weighted by molar-refractivity contribution is -0.129. The Kier molecular flexibility index (Phi) is 2.55. The zero-order valence-corrected chi connectivity index (χ0v) is 6.90. The highest BCUT2D eigenvalue weighted by Crippen LogP contribution is 2.14. The van der Waals surface area contributed by atoms with Crippen LogP contribution in [-0.4, -0.2) is 29.3 Å². The molecule has 3 heteroatoms. The van der Waals surface area contributed by atoms with Crippen LogP contribution in [0.1, 0.15) is 19.8 Å². The molecule has 0 radical (unpaired) electrons. The van der Waals surface area contributed by atoms with Gasteiger partial charge in [0.2, 0.25) is 5.91 Å². The van der Waals surface area contributed by atoms with Crippen LogP contribution in [0.15, 0.2) is 0 Å². The smallest absolute Gasteiger partial charge is 0.219 e. The molecule has 0 aromatic heterocycles. The van der Waals surface area contributed by atoms with Gasteiger partial charge in [0.05, 0.1) is 5.38 Å². The van der Waals surface area contributed by atoms with E-state index in [-0.39, 0.29) is 11.3 Å². The Labute approximate surface area is 66.1 Å². The molecule has 0 unspecified atom stereocenters. The van der Waals surface area contributed by atoms with E-state index in [1.165, 1.54) is 0 Å². The Morgan fingerprint density at radius 1 is 1.70 bits per heavy atom. The highest BCUT2D eigenvalue weighted by atomic mass is 35.5. The minimum Gasteiger partial charge on any atom is -0.341 e. The van der Waals surface area contributed by atoms with E-state index in [2.05, 4.69) is 0 Å². The average Bonchev–Trinajstić information content (AvgIpc) is 1.88. The van der Waals surface area contributed by atoms with Crippen LogP contribution < -0.4 is 0 Å². The van der Waals surface area contributed by atoms with Crippen molar-refractivity contribution in [3.63, 3.8) is 0 Å². The fourth-order valence-corrected chi connectivity index (χ4v) is 1.53. The standard InChI is InChI=1S/C7H12ClNO/c1-6(10)9-4-2-3-7(8)5-9/h7H,2-5H2,1H3/t7-/m0/s1. The average molecular weight is 162 g/mol. The van der Waals surface area contributed by atoms with Gasteiger partial charge in [0.1, 0.15) is 0 Å². The molecular weight excluding hydrogens is 150 g/mol. The van der Waals surface area contributed by atoms with Gasteiger partial charge in [-0.3, -0.25) is 4.79 Å². The summed E-state index contributed by atoms with van der Waals surface area (Å²) in [4.78, 5) is 12.6. The van der Waals surface area contributed by atoms with Crippen LogP contribution in [0.5, 0.6) is 0 Å². The predicted octanol–water partition coefficient (Wildman–Crippen LogP) is 1.24. The lowest BCUT2D eigenvalue weighted by Crippen LogP contribution is -2.38. The lowest BCUT2D eigenvalue weighted by Gasteiger charge is -2.28. The first kappa shape index (κ1) is 7.86. The topological polar surface area (TPSA) is 20.3 Å². The number of halogens is 1. The summed E-state index contributed by atoms with van der Waals surface area (Å²) in [5.74, 6) is 0.144. The van der Waals surface area contributed by atoms with Gasteiger partial charge in [-0.15, -0.1) is 11.6 Å². The molecule has 1 fully saturated rings. The third kappa shape index (κ3) is 1.87. The van der Waals surface area contributed by atoms with Crippen molar-refractivity contribution in [3.8, 4) is 0 Å². The number of likely N-dealkylation sites (tertiary alicyclic amines) is 1. The molecule has 1 aliphatic rings. The number of alkyl halides is 1. The van der Waals surface area contributed by atoms with Crippen LogP contribution in [0.4, 0.5) is 0 Å². The maximum absolute atomic E-state index is 10.8. The second kappa shape index (κ2) is 3.24. The van der Waals surface area contributed by atoms with Crippen LogP contribution in [0.2, 0.25) is 0 Å². The van der Waals surface area contributed by atoms with Gasteiger partial charge in [0.15, 0.2) is 0 Å². The molecule has 1 rings (SSSR count). The van der Waals surface area contributed by atoms with E-state index in [1.54, 1.807) is 11.8 Å². The van der Waals surface area contributed by atoms with Gasteiger partial charge in [-0.25, -0.2) is 0 Å². The summed E-state index contributed by atoms with van der Waals surface area (Å²) in [5, 5.41) is 0.178. The monoisotopic (exact) mass is 161 g/mol. The van der Waals surface area contributed by atoms with Gasteiger partial charge in [-0.1, -0.05) is 0 Å². The van der Waals surface area contributed by atoms with Crippen LogP contribution in [0.25, 0.3) is 0 Å². The third-order valence-corrected chi connectivity index (χ3v) is 2.17. The number of rotatable bonds is 0. The first-order valence-electron chi connectivity index (χ1n) is 3.59. The van der Waals surface area contributed by atoms with Crippen molar-refractivity contribution in [1.29, 1.82) is 0 Å². The fraction of sp³-hybridized carbons (Fsp3) is 0.857. The van der Waals surface area contributed by atoms with Crippen molar-refractivity contribution in [2.75, 3.05) is 13.1 Å². The number of hydrogen-bond donors (Lipinski definition) is 0. The van der Waals surface area contributed by atoms with E-state index < -0.39 is 0 Å². The fourth-order valence-electron chi connectivity index (χ4n) is 1.21. The number of amides is 1. The Morgan fingerprint density at radius 2 is 2.40 bits per heavy atom. The molecule has 1 heterocycles. The molecule has 0 aromatic rings. The number of piperidine rings is 1. The van der Waals surface area contributed by atoms with E-state index in [9.17, 15) is 4.79 Å². The lowest BCUT2D eigenvalue weighted by atomic mass is 10.1. The van der Waals surface area contributed by atoms with E-state index in [4.69, 9.17) is 11.6 Å². The maximum atomic E-state index is 10.8. The molecule has 0 N–H and O–H groups in total. The number of carbonyl (C=O) groups is 1. The molecule has 2 nitrogen and oxygen atoms in total. The van der Waals surface area contributed by atoms with Gasteiger partial charge in [0, 0.05) is 20.0 Å². The van der Waals surface area contributed by atoms with Gasteiger partial charge >= 0.3 is 0 Å². The molecule has 10 heavy (non-hydrogen) atoms. The second-order valence-electron chi connectivity index (χ2n) is 2.70. The number of hydrogen-bond acceptors (Lipinski definition) is 1. The summed E-state index contributed by atoms with van der Waals surface area (Å²) < 4.78 is 0. The molecule has 58 valence electrons. The third-order valence-electron chi connectivity index (χ3n) is 1.81.